The van der Waals surface area contributed by atoms with E-state index in [1.54, 1.807) is 0 Å². The fourth-order valence-electron chi connectivity index (χ4n) is 8.53. The van der Waals surface area contributed by atoms with Crippen molar-refractivity contribution in [2.45, 2.75) is 290 Å². The van der Waals surface area contributed by atoms with Crippen molar-refractivity contribution in [2.24, 2.45) is 0 Å². The molecule has 0 spiro atoms. The summed E-state index contributed by atoms with van der Waals surface area (Å²) in [7, 11) is -4.76. The van der Waals surface area contributed by atoms with Gasteiger partial charge in [0.2, 0.25) is 0 Å². The highest BCUT2D eigenvalue weighted by Gasteiger charge is 2.28. The predicted molar refractivity (Wildman–Crippen MR) is 325 cm³/mol. The third-order valence-corrected chi connectivity index (χ3v) is 14.3. The molecule has 0 rings (SSSR count). The number of unbranched alkanes of at least 4 members (excludes halogenated alkanes) is 27. The first-order valence-electron chi connectivity index (χ1n) is 31.5. The number of carbonyl (C=O) groups is 3. The van der Waals surface area contributed by atoms with Crippen molar-refractivity contribution in [1.29, 1.82) is 0 Å². The molecule has 3 atom stereocenters. The van der Waals surface area contributed by atoms with Gasteiger partial charge in [-0.1, -0.05) is 247 Å². The highest BCUT2D eigenvalue weighted by molar-refractivity contribution is 7.47. The van der Waals surface area contributed by atoms with E-state index in [1.165, 1.54) is 83.5 Å². The van der Waals surface area contributed by atoms with E-state index in [1.807, 2.05) is 0 Å². The fraction of sp³-hybridized carbons (Fsp3) is 0.742. The number of esters is 3. The lowest BCUT2D eigenvalue weighted by Gasteiger charge is -2.21. The van der Waals surface area contributed by atoms with Gasteiger partial charge in [-0.05, 0) is 96.3 Å². The molecule has 0 heterocycles. The Labute approximate surface area is 477 Å². The second kappa shape index (κ2) is 59.8. The van der Waals surface area contributed by atoms with E-state index in [0.29, 0.717) is 19.3 Å². The van der Waals surface area contributed by atoms with E-state index < -0.39 is 57.8 Å². The quantitative estimate of drug-likeness (QED) is 0.0197. The minimum Gasteiger partial charge on any atom is -0.462 e. The summed E-state index contributed by atoms with van der Waals surface area (Å²) in [4.78, 5) is 48.7. The molecule has 78 heavy (non-hydrogen) atoms. The maximum absolute atomic E-state index is 12.9. The number of aliphatic hydroxyl groups is 1. The molecule has 11 nitrogen and oxygen atoms in total. The summed E-state index contributed by atoms with van der Waals surface area (Å²) in [5.74, 6) is -1.49. The van der Waals surface area contributed by atoms with Crippen molar-refractivity contribution < 1.29 is 52.2 Å². The Kier molecular flexibility index (Phi) is 57.2. The molecule has 0 aromatic carbocycles. The van der Waals surface area contributed by atoms with Crippen molar-refractivity contribution in [2.75, 3.05) is 26.4 Å². The monoisotopic (exact) mass is 1110 g/mol. The number of aliphatic hydroxyl groups excluding tert-OH is 1. The van der Waals surface area contributed by atoms with Gasteiger partial charge >= 0.3 is 25.7 Å². The number of phosphoric acid groups is 1. The van der Waals surface area contributed by atoms with Crippen molar-refractivity contribution in [3.8, 4) is 0 Å². The molecular weight excluding hydrogens is 1000 g/mol. The minimum absolute atomic E-state index is 0.148. The fourth-order valence-corrected chi connectivity index (χ4v) is 9.32. The van der Waals surface area contributed by atoms with Crippen LogP contribution in [-0.2, 0) is 42.2 Å². The van der Waals surface area contributed by atoms with E-state index >= 15 is 0 Å². The van der Waals surface area contributed by atoms with Gasteiger partial charge in [0.15, 0.2) is 6.10 Å². The first-order chi connectivity index (χ1) is 38.2. The zero-order valence-corrected chi connectivity index (χ0v) is 50.8. The number of ether oxygens (including phenoxy) is 3. The van der Waals surface area contributed by atoms with Gasteiger partial charge in [-0.25, -0.2) is 4.57 Å². The molecule has 0 radical (unpaired) electrons. The van der Waals surface area contributed by atoms with Crippen LogP contribution in [0.5, 0.6) is 0 Å². The van der Waals surface area contributed by atoms with Crippen LogP contribution in [0.3, 0.4) is 0 Å². The average molecular weight is 1120 g/mol. The molecule has 2 N–H and O–H groups in total. The van der Waals surface area contributed by atoms with E-state index in [9.17, 15) is 28.9 Å². The van der Waals surface area contributed by atoms with Gasteiger partial charge in [0, 0.05) is 19.3 Å². The molecule has 0 aliphatic rings. The smallest absolute Gasteiger partial charge is 0.462 e. The van der Waals surface area contributed by atoms with Crippen LogP contribution < -0.4 is 0 Å². The van der Waals surface area contributed by atoms with Crippen LogP contribution in [0, 0.1) is 0 Å². The normalized spacial score (nSPS) is 13.9. The number of hydrogen-bond donors (Lipinski definition) is 2. The van der Waals surface area contributed by atoms with Crippen LogP contribution in [0.4, 0.5) is 0 Å². The number of hydrogen-bond acceptors (Lipinski definition) is 10. The van der Waals surface area contributed by atoms with Crippen LogP contribution >= 0.6 is 7.82 Å². The highest BCUT2D eigenvalue weighted by Crippen LogP contribution is 2.43. The Morgan fingerprint density at radius 1 is 0.372 bits per heavy atom. The number of allylic oxidation sites excluding steroid dienone is 14. The number of rotatable bonds is 58. The zero-order chi connectivity index (χ0) is 56.9. The van der Waals surface area contributed by atoms with Crippen molar-refractivity contribution >= 4 is 25.7 Å². The van der Waals surface area contributed by atoms with Crippen LogP contribution in [0.2, 0.25) is 0 Å². The topological polar surface area (TPSA) is 155 Å². The molecule has 0 saturated carbocycles. The summed E-state index contributed by atoms with van der Waals surface area (Å²) >= 11 is 0. The van der Waals surface area contributed by atoms with Crippen molar-refractivity contribution in [3.63, 3.8) is 0 Å². The molecule has 0 aromatic heterocycles. The van der Waals surface area contributed by atoms with Crippen molar-refractivity contribution in [1.82, 2.24) is 0 Å². The number of carbonyl (C=O) groups excluding carboxylic acids is 3. The Bertz CT molecular complexity index is 1630. The average Bonchev–Trinajstić information content (AvgIpc) is 3.43. The van der Waals surface area contributed by atoms with Gasteiger partial charge in [-0.2, -0.15) is 0 Å². The molecule has 0 fully saturated rings. The summed E-state index contributed by atoms with van der Waals surface area (Å²) in [6.45, 7) is 4.50. The van der Waals surface area contributed by atoms with Crippen LogP contribution in [0.15, 0.2) is 85.1 Å². The van der Waals surface area contributed by atoms with Gasteiger partial charge < -0.3 is 24.2 Å². The second-order valence-electron chi connectivity index (χ2n) is 20.8. The lowest BCUT2D eigenvalue weighted by Crippen LogP contribution is -2.30. The van der Waals surface area contributed by atoms with Gasteiger partial charge in [0.25, 0.3) is 0 Å². The van der Waals surface area contributed by atoms with E-state index in [0.717, 1.165) is 135 Å². The summed E-state index contributed by atoms with van der Waals surface area (Å²) in [5, 5.41) is 9.83. The predicted octanol–water partition coefficient (Wildman–Crippen LogP) is 19.0. The Morgan fingerprint density at radius 3 is 1.05 bits per heavy atom. The third-order valence-electron chi connectivity index (χ3n) is 13.3. The SMILES string of the molecule is CC/C=C\C/C=C\C/C=C\C/C=C\CCCCCCCCC(=O)OCC(COP(=O)(O)OCC(CO)OC(=O)CCCCCCCCCCCCCCC)OC(=O)CCCCCCCC/C=C\C/C=C\C/C=C\CCCCC. The van der Waals surface area contributed by atoms with E-state index in [-0.39, 0.29) is 25.9 Å². The molecule has 0 aliphatic heterocycles. The largest absolute Gasteiger partial charge is 0.472 e. The molecule has 0 bridgehead atoms. The summed E-state index contributed by atoms with van der Waals surface area (Å²) in [5.41, 5.74) is 0. The van der Waals surface area contributed by atoms with E-state index in [4.69, 9.17) is 23.3 Å². The summed E-state index contributed by atoms with van der Waals surface area (Å²) in [6, 6.07) is 0. The van der Waals surface area contributed by atoms with Gasteiger partial charge in [0.1, 0.15) is 12.7 Å². The lowest BCUT2D eigenvalue weighted by atomic mass is 10.0. The Balaban J connectivity index is 4.76. The Hall–Kier alpha value is -3.34. The molecular formula is C66H115O11P. The molecule has 0 aromatic rings. The maximum Gasteiger partial charge on any atom is 0.472 e. The first kappa shape index (κ1) is 74.7. The Morgan fingerprint density at radius 2 is 0.667 bits per heavy atom. The lowest BCUT2D eigenvalue weighted by molar-refractivity contribution is -0.161. The van der Waals surface area contributed by atoms with Crippen molar-refractivity contribution in [3.05, 3.63) is 85.1 Å². The molecule has 12 heteroatoms. The maximum atomic E-state index is 12.9. The minimum atomic E-state index is -4.76. The van der Waals surface area contributed by atoms with Crippen LogP contribution in [0.1, 0.15) is 278 Å². The molecule has 3 unspecified atom stereocenters. The van der Waals surface area contributed by atoms with Gasteiger partial charge in [-0.15, -0.1) is 0 Å². The third kappa shape index (κ3) is 57.3. The number of phosphoric ester groups is 1. The molecule has 450 valence electrons. The zero-order valence-electron chi connectivity index (χ0n) is 49.9. The van der Waals surface area contributed by atoms with Crippen LogP contribution in [0.25, 0.3) is 0 Å². The van der Waals surface area contributed by atoms with Gasteiger partial charge in [-0.3, -0.25) is 23.4 Å². The molecule has 0 aliphatic carbocycles. The summed E-state index contributed by atoms with van der Waals surface area (Å²) < 4.78 is 39.6. The standard InChI is InChI=1S/C66H115O11P/c1-4-7-10-13-16-19-22-25-27-29-31-33-35-38-40-43-46-49-52-55-64(68)73-59-63(77-66(70)57-54-51-48-45-42-39-36-34-32-30-28-26-23-20-17-14-11-8-5-2)61-75-78(71,72)74-60-62(58-67)76-65(69)56-53-50-47-44-41-37-24-21-18-15-12-9-6-3/h7,10,16-17,19-20,25-28,31-34,62-63,67H,4-6,8-9,11-15,18,21-24,29-30,35-61H2,1-3H3,(H,71,72)/b10-7-,19-16-,20-17-,27-25-,28-26-,33-31-,34-32-. The highest BCUT2D eigenvalue weighted by atomic mass is 31.2. The summed E-state index contributed by atoms with van der Waals surface area (Å²) in [6.07, 6.45) is 69.5. The first-order valence-corrected chi connectivity index (χ1v) is 33.0. The van der Waals surface area contributed by atoms with Crippen LogP contribution in [-0.4, -0.2) is 66.5 Å². The van der Waals surface area contributed by atoms with Gasteiger partial charge in [0.05, 0.1) is 19.8 Å². The molecule has 0 saturated heterocycles. The van der Waals surface area contributed by atoms with E-state index in [2.05, 4.69) is 106 Å². The molecule has 0 amide bonds. The second-order valence-corrected chi connectivity index (χ2v) is 22.3.